The van der Waals surface area contributed by atoms with E-state index in [9.17, 15) is 9.59 Å². The maximum absolute atomic E-state index is 12.4. The molecule has 0 saturated carbocycles. The second-order valence-electron chi connectivity index (χ2n) is 7.79. The predicted molar refractivity (Wildman–Crippen MR) is 128 cm³/mol. The molecule has 0 aliphatic heterocycles. The average Bonchev–Trinajstić information content (AvgIpc) is 3.20. The minimum absolute atomic E-state index is 0.0545. The Morgan fingerprint density at radius 3 is 2.56 bits per heavy atom. The topological polar surface area (TPSA) is 76.0 Å². The molecule has 1 heterocycles. The number of carbonyl (C=O) groups excluding carboxylic acids is 2. The number of aryl methyl sites for hydroxylation is 2. The van der Waals surface area contributed by atoms with Gasteiger partial charge in [-0.1, -0.05) is 55.1 Å². The molecular weight excluding hydrogens is 420 g/mol. The van der Waals surface area contributed by atoms with Crippen LogP contribution in [0.5, 0.6) is 0 Å². The molecule has 1 aliphatic rings. The van der Waals surface area contributed by atoms with Gasteiger partial charge in [0.05, 0.1) is 18.0 Å². The Balaban J connectivity index is 1.36. The van der Waals surface area contributed by atoms with Gasteiger partial charge in [0.15, 0.2) is 5.16 Å². The molecule has 0 unspecified atom stereocenters. The summed E-state index contributed by atoms with van der Waals surface area (Å²) in [5.41, 5.74) is 5.31. The van der Waals surface area contributed by atoms with Gasteiger partial charge in [0, 0.05) is 17.1 Å². The summed E-state index contributed by atoms with van der Waals surface area (Å²) in [6, 6.07) is 17.9. The van der Waals surface area contributed by atoms with Crippen LogP contribution < -0.4 is 10.6 Å². The molecule has 7 heteroatoms. The van der Waals surface area contributed by atoms with Gasteiger partial charge in [-0.15, -0.1) is 0 Å². The number of nitrogens with zero attached hydrogens (tertiary/aromatic N) is 2. The third kappa shape index (κ3) is 5.22. The molecule has 0 spiro atoms. The van der Waals surface area contributed by atoms with E-state index in [1.165, 1.54) is 17.5 Å². The SMILES string of the molecule is CCc1ccccc1NC(=O)CNC(=O)CSc1nc2c(n1-c1ccccc1)CCCC2. The lowest BCUT2D eigenvalue weighted by molar-refractivity contribution is -0.122. The molecule has 1 aromatic heterocycles. The van der Waals surface area contributed by atoms with Crippen LogP contribution in [0.3, 0.4) is 0 Å². The number of imidazole rings is 1. The molecule has 0 saturated heterocycles. The van der Waals surface area contributed by atoms with E-state index in [1.807, 2.05) is 49.4 Å². The molecule has 0 bridgehead atoms. The largest absolute Gasteiger partial charge is 0.346 e. The summed E-state index contributed by atoms with van der Waals surface area (Å²) >= 11 is 1.41. The maximum atomic E-state index is 12.4. The van der Waals surface area contributed by atoms with Crippen LogP contribution in [0.1, 0.15) is 36.7 Å². The molecule has 32 heavy (non-hydrogen) atoms. The van der Waals surface area contributed by atoms with Gasteiger partial charge in [0.2, 0.25) is 11.8 Å². The third-order valence-electron chi connectivity index (χ3n) is 5.57. The Labute approximate surface area is 192 Å². The lowest BCUT2D eigenvalue weighted by atomic mass is 10.0. The standard InChI is InChI=1S/C25H28N4O2S/c1-2-18-10-6-7-13-20(18)27-23(30)16-26-24(31)17-32-25-28-21-14-8-9-15-22(21)29(25)19-11-4-3-5-12-19/h3-7,10-13H,2,8-9,14-17H2,1H3,(H,26,31)(H,27,30). The quantitative estimate of drug-likeness (QED) is 0.508. The Morgan fingerprint density at radius 1 is 1.00 bits per heavy atom. The third-order valence-corrected chi connectivity index (χ3v) is 6.51. The Bertz CT molecular complexity index is 1090. The first-order chi connectivity index (χ1) is 15.7. The lowest BCUT2D eigenvalue weighted by Crippen LogP contribution is -2.34. The van der Waals surface area contributed by atoms with Gasteiger partial charge in [0.1, 0.15) is 0 Å². The zero-order chi connectivity index (χ0) is 22.3. The number of rotatable bonds is 8. The Morgan fingerprint density at radius 2 is 1.75 bits per heavy atom. The van der Waals surface area contributed by atoms with Crippen molar-refractivity contribution in [1.82, 2.24) is 14.9 Å². The lowest BCUT2D eigenvalue weighted by Gasteiger charge is -2.15. The van der Waals surface area contributed by atoms with Gasteiger partial charge in [-0.3, -0.25) is 14.2 Å². The second-order valence-corrected chi connectivity index (χ2v) is 8.73. The summed E-state index contributed by atoms with van der Waals surface area (Å²) in [7, 11) is 0. The number of carbonyl (C=O) groups is 2. The first kappa shape index (κ1) is 22.1. The van der Waals surface area contributed by atoms with Crippen molar-refractivity contribution in [3.63, 3.8) is 0 Å². The molecule has 0 atom stereocenters. The van der Waals surface area contributed by atoms with Gasteiger partial charge in [-0.05, 0) is 55.9 Å². The van der Waals surface area contributed by atoms with Crippen LogP contribution in [0.4, 0.5) is 5.69 Å². The molecule has 2 aromatic carbocycles. The molecule has 3 aromatic rings. The van der Waals surface area contributed by atoms with Crippen LogP contribution in [-0.2, 0) is 28.9 Å². The van der Waals surface area contributed by atoms with Crippen LogP contribution in [0.15, 0.2) is 59.8 Å². The number of amides is 2. The molecule has 0 radical (unpaired) electrons. The minimum atomic E-state index is -0.231. The summed E-state index contributed by atoms with van der Waals surface area (Å²) in [6.07, 6.45) is 5.13. The van der Waals surface area contributed by atoms with E-state index in [2.05, 4.69) is 27.3 Å². The van der Waals surface area contributed by atoms with Gasteiger partial charge in [0.25, 0.3) is 0 Å². The molecule has 6 nitrogen and oxygen atoms in total. The van der Waals surface area contributed by atoms with Crippen molar-refractivity contribution in [1.29, 1.82) is 0 Å². The number of thioether (sulfide) groups is 1. The summed E-state index contributed by atoms with van der Waals surface area (Å²) in [6.45, 7) is 1.99. The van der Waals surface area contributed by atoms with E-state index in [4.69, 9.17) is 4.98 Å². The number of hydrogen-bond donors (Lipinski definition) is 2. The zero-order valence-electron chi connectivity index (χ0n) is 18.3. The highest BCUT2D eigenvalue weighted by Crippen LogP contribution is 2.30. The van der Waals surface area contributed by atoms with Crippen LogP contribution in [0.2, 0.25) is 0 Å². The highest BCUT2D eigenvalue weighted by Gasteiger charge is 2.22. The summed E-state index contributed by atoms with van der Waals surface area (Å²) in [5, 5.41) is 6.43. The summed E-state index contributed by atoms with van der Waals surface area (Å²) < 4.78 is 2.18. The van der Waals surface area contributed by atoms with E-state index in [-0.39, 0.29) is 24.1 Å². The molecule has 4 rings (SSSR count). The number of anilines is 1. The number of benzene rings is 2. The van der Waals surface area contributed by atoms with Crippen LogP contribution in [-0.4, -0.2) is 33.7 Å². The van der Waals surface area contributed by atoms with Crippen LogP contribution in [0.25, 0.3) is 5.69 Å². The van der Waals surface area contributed by atoms with Gasteiger partial charge in [-0.2, -0.15) is 0 Å². The maximum Gasteiger partial charge on any atom is 0.243 e. The number of fused-ring (bicyclic) bond motifs is 1. The van der Waals surface area contributed by atoms with E-state index < -0.39 is 0 Å². The normalized spacial score (nSPS) is 12.8. The summed E-state index contributed by atoms with van der Waals surface area (Å²) in [4.78, 5) is 29.6. The van der Waals surface area contributed by atoms with Crippen molar-refractivity contribution >= 4 is 29.3 Å². The monoisotopic (exact) mass is 448 g/mol. The fraction of sp³-hybridized carbons (Fsp3) is 0.320. The average molecular weight is 449 g/mol. The Kier molecular flexibility index (Phi) is 7.27. The summed E-state index contributed by atoms with van der Waals surface area (Å²) in [5.74, 6) is -0.207. The number of nitrogens with one attached hydrogen (secondary N) is 2. The zero-order valence-corrected chi connectivity index (χ0v) is 19.1. The molecular formula is C25H28N4O2S. The van der Waals surface area contributed by atoms with E-state index >= 15 is 0 Å². The van der Waals surface area contributed by atoms with Crippen molar-refractivity contribution < 1.29 is 9.59 Å². The first-order valence-electron chi connectivity index (χ1n) is 11.1. The van der Waals surface area contributed by atoms with Gasteiger partial charge in [-0.25, -0.2) is 4.98 Å². The number of hydrogen-bond acceptors (Lipinski definition) is 4. The molecule has 166 valence electrons. The number of para-hydroxylation sites is 2. The smallest absolute Gasteiger partial charge is 0.243 e. The van der Waals surface area contributed by atoms with E-state index in [0.717, 1.165) is 59.9 Å². The fourth-order valence-electron chi connectivity index (χ4n) is 3.96. The van der Waals surface area contributed by atoms with Crippen LogP contribution >= 0.6 is 11.8 Å². The van der Waals surface area contributed by atoms with E-state index in [1.54, 1.807) is 0 Å². The molecule has 2 amide bonds. The second kappa shape index (κ2) is 10.5. The predicted octanol–water partition coefficient (Wildman–Crippen LogP) is 4.16. The first-order valence-corrected chi connectivity index (χ1v) is 12.1. The van der Waals surface area contributed by atoms with Crippen LogP contribution in [0, 0.1) is 0 Å². The van der Waals surface area contributed by atoms with Crippen molar-refractivity contribution in [3.8, 4) is 5.69 Å². The van der Waals surface area contributed by atoms with Crippen molar-refractivity contribution in [3.05, 3.63) is 71.5 Å². The molecule has 0 fully saturated rings. The Hall–Kier alpha value is -3.06. The molecule has 1 aliphatic carbocycles. The van der Waals surface area contributed by atoms with Crippen molar-refractivity contribution in [2.24, 2.45) is 0 Å². The molecule has 2 N–H and O–H groups in total. The fourth-order valence-corrected chi connectivity index (χ4v) is 4.84. The van der Waals surface area contributed by atoms with Gasteiger partial charge >= 0.3 is 0 Å². The van der Waals surface area contributed by atoms with Crippen molar-refractivity contribution in [2.45, 2.75) is 44.2 Å². The van der Waals surface area contributed by atoms with Gasteiger partial charge < -0.3 is 10.6 Å². The minimum Gasteiger partial charge on any atom is -0.346 e. The van der Waals surface area contributed by atoms with E-state index in [0.29, 0.717) is 0 Å². The highest BCUT2D eigenvalue weighted by atomic mass is 32.2. The highest BCUT2D eigenvalue weighted by molar-refractivity contribution is 7.99. The number of aromatic nitrogens is 2. The van der Waals surface area contributed by atoms with Crippen molar-refractivity contribution in [2.75, 3.05) is 17.6 Å².